The van der Waals surface area contributed by atoms with Crippen LogP contribution in [0.1, 0.15) is 42.4 Å². The van der Waals surface area contributed by atoms with E-state index in [1.165, 1.54) is 5.56 Å². The van der Waals surface area contributed by atoms with E-state index in [-0.39, 0.29) is 5.91 Å². The van der Waals surface area contributed by atoms with Gasteiger partial charge in [0.05, 0.1) is 5.41 Å². The molecule has 1 fully saturated rings. The van der Waals surface area contributed by atoms with Crippen molar-refractivity contribution in [2.24, 2.45) is 0 Å². The summed E-state index contributed by atoms with van der Waals surface area (Å²) in [6.07, 6.45) is 5.62. The maximum atomic E-state index is 13.5. The fourth-order valence-corrected chi connectivity index (χ4v) is 4.57. The van der Waals surface area contributed by atoms with E-state index < -0.39 is 5.41 Å². The zero-order valence-corrected chi connectivity index (χ0v) is 17.8. The number of hydrogen-bond donors (Lipinski definition) is 1. The molecule has 2 aromatic heterocycles. The summed E-state index contributed by atoms with van der Waals surface area (Å²) in [6, 6.07) is 17.9. The van der Waals surface area contributed by atoms with Crippen LogP contribution in [0.4, 0.5) is 5.69 Å². The van der Waals surface area contributed by atoms with Crippen molar-refractivity contribution in [3.05, 3.63) is 77.5 Å². The Labute approximate surface area is 181 Å². The Bertz CT molecular complexity index is 1220. The highest BCUT2D eigenvalue weighted by Crippen LogP contribution is 2.42. The molecule has 1 aliphatic rings. The highest BCUT2D eigenvalue weighted by atomic mass is 16.3. The van der Waals surface area contributed by atoms with Crippen molar-refractivity contribution in [3.8, 4) is 11.5 Å². The molecule has 0 radical (unpaired) electrons. The van der Waals surface area contributed by atoms with Crippen LogP contribution in [0.3, 0.4) is 0 Å². The first kappa shape index (κ1) is 19.5. The number of fused-ring (bicyclic) bond motifs is 1. The molecule has 2 heterocycles. The Morgan fingerprint density at radius 2 is 1.81 bits per heavy atom. The maximum Gasteiger partial charge on any atom is 0.235 e. The summed E-state index contributed by atoms with van der Waals surface area (Å²) in [7, 11) is 0. The Balaban J connectivity index is 1.42. The van der Waals surface area contributed by atoms with Crippen molar-refractivity contribution in [2.45, 2.75) is 44.9 Å². The first-order valence-electron chi connectivity index (χ1n) is 10.8. The number of carbonyl (C=O) groups is 1. The van der Waals surface area contributed by atoms with Crippen LogP contribution in [0.2, 0.25) is 0 Å². The molecule has 0 atom stereocenters. The number of carbonyl (C=O) groups excluding carboxylic acids is 1. The molecule has 156 valence electrons. The SMILES string of the molecule is Cc1ccc(C2(C(=O)Nc3ccc(-c4nc5ncccc5o4)cc3C)CCCC2)cc1. The zero-order chi connectivity index (χ0) is 21.4. The molecule has 31 heavy (non-hydrogen) atoms. The molecular weight excluding hydrogens is 386 g/mol. The molecule has 1 amide bonds. The molecule has 4 aromatic rings. The monoisotopic (exact) mass is 411 g/mol. The number of nitrogens with zero attached hydrogens (tertiary/aromatic N) is 2. The number of hydrogen-bond acceptors (Lipinski definition) is 4. The third-order valence-corrected chi connectivity index (χ3v) is 6.38. The van der Waals surface area contributed by atoms with Gasteiger partial charge in [-0.25, -0.2) is 4.98 Å². The van der Waals surface area contributed by atoms with Gasteiger partial charge < -0.3 is 9.73 Å². The van der Waals surface area contributed by atoms with Gasteiger partial charge in [-0.1, -0.05) is 42.7 Å². The average molecular weight is 412 g/mol. The fourth-order valence-electron chi connectivity index (χ4n) is 4.57. The Kier molecular flexibility index (Phi) is 4.81. The molecule has 0 saturated heterocycles. The van der Waals surface area contributed by atoms with Crippen LogP contribution in [-0.4, -0.2) is 15.9 Å². The third-order valence-electron chi connectivity index (χ3n) is 6.38. The van der Waals surface area contributed by atoms with Gasteiger partial charge in [-0.05, 0) is 68.1 Å². The van der Waals surface area contributed by atoms with Gasteiger partial charge in [0.15, 0.2) is 11.2 Å². The molecule has 5 rings (SSSR count). The summed E-state index contributed by atoms with van der Waals surface area (Å²) in [5.41, 5.74) is 5.77. The second-order valence-electron chi connectivity index (χ2n) is 8.48. The molecule has 1 aliphatic carbocycles. The number of anilines is 1. The molecule has 5 heteroatoms. The smallest absolute Gasteiger partial charge is 0.235 e. The number of nitrogens with one attached hydrogen (secondary N) is 1. The molecule has 1 N–H and O–H groups in total. The molecule has 5 nitrogen and oxygen atoms in total. The predicted octanol–water partition coefficient (Wildman–Crippen LogP) is 5.96. The molecule has 0 bridgehead atoms. The zero-order valence-electron chi connectivity index (χ0n) is 17.8. The largest absolute Gasteiger partial charge is 0.434 e. The molecule has 2 aromatic carbocycles. The van der Waals surface area contributed by atoms with Crippen LogP contribution in [0, 0.1) is 13.8 Å². The maximum absolute atomic E-state index is 13.5. The lowest BCUT2D eigenvalue weighted by atomic mass is 9.77. The van der Waals surface area contributed by atoms with Crippen LogP contribution in [0.15, 0.2) is 65.2 Å². The summed E-state index contributed by atoms with van der Waals surface area (Å²) in [5, 5.41) is 3.21. The van der Waals surface area contributed by atoms with Crippen molar-refractivity contribution < 1.29 is 9.21 Å². The van der Waals surface area contributed by atoms with E-state index in [0.29, 0.717) is 17.1 Å². The van der Waals surface area contributed by atoms with Crippen molar-refractivity contribution >= 4 is 22.8 Å². The van der Waals surface area contributed by atoms with Gasteiger partial charge >= 0.3 is 0 Å². The van der Waals surface area contributed by atoms with Gasteiger partial charge in [0.1, 0.15) is 0 Å². The van der Waals surface area contributed by atoms with Gasteiger partial charge in [-0.2, -0.15) is 4.98 Å². The second-order valence-corrected chi connectivity index (χ2v) is 8.48. The van der Waals surface area contributed by atoms with Crippen LogP contribution < -0.4 is 5.32 Å². The van der Waals surface area contributed by atoms with Gasteiger partial charge in [0.2, 0.25) is 11.8 Å². The number of oxazole rings is 1. The van der Waals surface area contributed by atoms with Crippen molar-refractivity contribution in [3.63, 3.8) is 0 Å². The number of rotatable bonds is 4. The lowest BCUT2D eigenvalue weighted by Gasteiger charge is -2.29. The van der Waals surface area contributed by atoms with Crippen LogP contribution in [-0.2, 0) is 10.2 Å². The van der Waals surface area contributed by atoms with Gasteiger partial charge in [-0.3, -0.25) is 4.79 Å². The topological polar surface area (TPSA) is 68.0 Å². The van der Waals surface area contributed by atoms with Crippen molar-refractivity contribution in [2.75, 3.05) is 5.32 Å². The first-order valence-corrected chi connectivity index (χ1v) is 10.8. The molecule has 1 saturated carbocycles. The summed E-state index contributed by atoms with van der Waals surface area (Å²) in [6.45, 7) is 4.07. The molecule has 0 unspecified atom stereocenters. The summed E-state index contributed by atoms with van der Waals surface area (Å²) >= 11 is 0. The number of pyridine rings is 1. The van der Waals surface area contributed by atoms with Gasteiger partial charge in [0, 0.05) is 17.4 Å². The lowest BCUT2D eigenvalue weighted by molar-refractivity contribution is -0.121. The number of aromatic nitrogens is 2. The summed E-state index contributed by atoms with van der Waals surface area (Å²) < 4.78 is 5.83. The summed E-state index contributed by atoms with van der Waals surface area (Å²) in [4.78, 5) is 22.2. The number of amides is 1. The van der Waals surface area contributed by atoms with E-state index in [1.54, 1.807) is 6.20 Å². The highest BCUT2D eigenvalue weighted by molar-refractivity contribution is 6.00. The minimum Gasteiger partial charge on any atom is -0.434 e. The Hall–Kier alpha value is -3.47. The predicted molar refractivity (Wildman–Crippen MR) is 122 cm³/mol. The highest BCUT2D eigenvalue weighted by Gasteiger charge is 2.42. The molecule has 0 spiro atoms. The minimum atomic E-state index is -0.454. The Morgan fingerprint density at radius 3 is 2.52 bits per heavy atom. The van der Waals surface area contributed by atoms with Gasteiger partial charge in [0.25, 0.3) is 0 Å². The third kappa shape index (κ3) is 3.50. The van der Waals surface area contributed by atoms with Crippen LogP contribution >= 0.6 is 0 Å². The van der Waals surface area contributed by atoms with E-state index in [0.717, 1.165) is 48.1 Å². The van der Waals surface area contributed by atoms with Crippen LogP contribution in [0.25, 0.3) is 22.7 Å². The van der Waals surface area contributed by atoms with Crippen molar-refractivity contribution in [1.82, 2.24) is 9.97 Å². The fraction of sp³-hybridized carbons (Fsp3) is 0.269. The van der Waals surface area contributed by atoms with Crippen molar-refractivity contribution in [1.29, 1.82) is 0 Å². The number of aryl methyl sites for hydroxylation is 2. The molecular formula is C26H25N3O2. The number of benzene rings is 2. The minimum absolute atomic E-state index is 0.0794. The van der Waals surface area contributed by atoms with Gasteiger partial charge in [-0.15, -0.1) is 0 Å². The standard InChI is InChI=1S/C26H25N3O2/c1-17-7-10-20(11-8-17)26(13-3-4-14-26)25(30)28-21-12-9-19(16-18(21)2)24-29-23-22(31-24)6-5-15-27-23/h5-12,15-16H,3-4,13-14H2,1-2H3,(H,28,30). The van der Waals surface area contributed by atoms with E-state index in [9.17, 15) is 4.79 Å². The van der Waals surface area contributed by atoms with E-state index in [1.807, 2.05) is 37.3 Å². The lowest BCUT2D eigenvalue weighted by Crippen LogP contribution is -2.38. The van der Waals surface area contributed by atoms with E-state index >= 15 is 0 Å². The van der Waals surface area contributed by atoms with E-state index in [2.05, 4.69) is 46.5 Å². The first-order chi connectivity index (χ1) is 15.0. The van der Waals surface area contributed by atoms with E-state index in [4.69, 9.17) is 4.42 Å². The quantitative estimate of drug-likeness (QED) is 0.450. The van der Waals surface area contributed by atoms with Crippen LogP contribution in [0.5, 0.6) is 0 Å². The molecule has 0 aliphatic heterocycles. The normalized spacial score (nSPS) is 15.3. The average Bonchev–Trinajstić information content (AvgIpc) is 3.43. The second kappa shape index (κ2) is 7.65. The summed E-state index contributed by atoms with van der Waals surface area (Å²) in [5.74, 6) is 0.609. The Morgan fingerprint density at radius 1 is 1.03 bits per heavy atom.